The van der Waals surface area contributed by atoms with Gasteiger partial charge in [-0.2, -0.15) is 16.9 Å². The summed E-state index contributed by atoms with van der Waals surface area (Å²) < 4.78 is 9.92. The molecule has 4 rings (SSSR count). The van der Waals surface area contributed by atoms with Crippen LogP contribution < -0.4 is 0 Å². The van der Waals surface area contributed by atoms with Gasteiger partial charge in [-0.25, -0.2) is 4.68 Å². The van der Waals surface area contributed by atoms with E-state index in [1.807, 2.05) is 29.8 Å². The van der Waals surface area contributed by atoms with E-state index in [9.17, 15) is 4.79 Å². The van der Waals surface area contributed by atoms with Gasteiger partial charge in [-0.1, -0.05) is 18.2 Å². The fourth-order valence-corrected chi connectivity index (χ4v) is 4.78. The van der Waals surface area contributed by atoms with E-state index in [4.69, 9.17) is 22.1 Å². The van der Waals surface area contributed by atoms with Crippen molar-refractivity contribution in [2.24, 2.45) is 0 Å². The Kier molecular flexibility index (Phi) is 5.66. The molecule has 1 saturated heterocycles. The number of thioether (sulfide) groups is 1. The summed E-state index contributed by atoms with van der Waals surface area (Å²) in [5.41, 5.74) is 1.05. The molecule has 1 aromatic heterocycles. The number of para-hydroxylation sites is 1. The van der Waals surface area contributed by atoms with Crippen molar-refractivity contribution in [1.82, 2.24) is 19.2 Å². The molecule has 1 aromatic carbocycles. The molecule has 0 spiro atoms. The second kappa shape index (κ2) is 8.16. The van der Waals surface area contributed by atoms with Crippen LogP contribution in [0.5, 0.6) is 0 Å². The number of hydrogen-bond acceptors (Lipinski definition) is 6. The van der Waals surface area contributed by atoms with Crippen LogP contribution in [-0.2, 0) is 16.2 Å². The van der Waals surface area contributed by atoms with Crippen LogP contribution in [0.4, 0.5) is 0 Å². The first-order chi connectivity index (χ1) is 13.2. The lowest BCUT2D eigenvalue weighted by atomic mass is 10.3. The molecule has 0 unspecified atom stereocenters. The van der Waals surface area contributed by atoms with Gasteiger partial charge < -0.3 is 4.74 Å². The highest BCUT2D eigenvalue weighted by atomic mass is 32.2. The third kappa shape index (κ3) is 3.97. The van der Waals surface area contributed by atoms with Crippen molar-refractivity contribution in [1.29, 1.82) is 0 Å². The number of nitrogens with zero attached hydrogens (tertiary/aromatic N) is 4. The number of benzene rings is 1. The topological polar surface area (TPSA) is 52.3 Å². The predicted molar refractivity (Wildman–Crippen MR) is 109 cm³/mol. The van der Waals surface area contributed by atoms with Gasteiger partial charge in [0.1, 0.15) is 11.9 Å². The fraction of sp³-hybridized carbons (Fsp3) is 0.526. The Labute approximate surface area is 168 Å². The maximum atomic E-state index is 12.4. The molecule has 1 saturated carbocycles. The zero-order valence-electron chi connectivity index (χ0n) is 15.4. The van der Waals surface area contributed by atoms with Crippen LogP contribution in [-0.4, -0.2) is 55.9 Å². The third-order valence-electron chi connectivity index (χ3n) is 4.93. The number of carbonyl (C=O) groups excluding carboxylic acids is 1. The van der Waals surface area contributed by atoms with E-state index >= 15 is 0 Å². The molecule has 1 aliphatic heterocycles. The van der Waals surface area contributed by atoms with E-state index in [0.29, 0.717) is 24.0 Å². The lowest BCUT2D eigenvalue weighted by molar-refractivity contribution is -0.149. The average molecular weight is 405 g/mol. The summed E-state index contributed by atoms with van der Waals surface area (Å²) in [5, 5.41) is 4.86. The number of esters is 1. The standard InChI is InChI=1S/C19H24N4O2S2/c1-2-25-18(24)16-12-27-11-10-21(16)13-22-19(26)23(15-6-4-3-5-7-15)17(20-22)14-8-9-14/h3-7,14,16H,2,8-13H2,1H3/t16-/m1/s1. The molecule has 2 heterocycles. The van der Waals surface area contributed by atoms with Crippen molar-refractivity contribution in [3.63, 3.8) is 0 Å². The second-order valence-electron chi connectivity index (χ2n) is 6.88. The highest BCUT2D eigenvalue weighted by Crippen LogP contribution is 2.40. The number of hydrogen-bond donors (Lipinski definition) is 0. The molecule has 2 aromatic rings. The zero-order chi connectivity index (χ0) is 18.8. The minimum absolute atomic E-state index is 0.152. The Hall–Kier alpha value is -1.64. The Morgan fingerprint density at radius 3 is 2.81 bits per heavy atom. The molecular formula is C19H24N4O2S2. The molecule has 144 valence electrons. The van der Waals surface area contributed by atoms with Gasteiger partial charge in [0, 0.05) is 29.7 Å². The van der Waals surface area contributed by atoms with Crippen LogP contribution >= 0.6 is 24.0 Å². The molecule has 6 nitrogen and oxygen atoms in total. The highest BCUT2D eigenvalue weighted by Gasteiger charge is 2.33. The molecule has 1 aliphatic carbocycles. The Morgan fingerprint density at radius 1 is 1.33 bits per heavy atom. The first kappa shape index (κ1) is 18.7. The van der Waals surface area contributed by atoms with Gasteiger partial charge in [0.15, 0.2) is 0 Å². The molecule has 2 aliphatic rings. The molecular weight excluding hydrogens is 380 g/mol. The van der Waals surface area contributed by atoms with E-state index in [2.05, 4.69) is 21.6 Å². The first-order valence-corrected chi connectivity index (χ1v) is 11.0. The number of ether oxygens (including phenoxy) is 1. The maximum absolute atomic E-state index is 12.4. The predicted octanol–water partition coefficient (Wildman–Crippen LogP) is 3.22. The summed E-state index contributed by atoms with van der Waals surface area (Å²) in [5.74, 6) is 3.11. The van der Waals surface area contributed by atoms with Crippen molar-refractivity contribution in [2.75, 3.05) is 24.7 Å². The van der Waals surface area contributed by atoms with Crippen molar-refractivity contribution in [3.8, 4) is 5.69 Å². The van der Waals surface area contributed by atoms with Crippen LogP contribution in [0.15, 0.2) is 30.3 Å². The lowest BCUT2D eigenvalue weighted by Gasteiger charge is -2.33. The van der Waals surface area contributed by atoms with Gasteiger partial charge in [-0.15, -0.1) is 0 Å². The monoisotopic (exact) mass is 404 g/mol. The molecule has 8 heteroatoms. The largest absolute Gasteiger partial charge is 0.465 e. The Bertz CT molecular complexity index is 860. The molecule has 0 N–H and O–H groups in total. The summed E-state index contributed by atoms with van der Waals surface area (Å²) in [6, 6.07) is 9.92. The van der Waals surface area contributed by atoms with Crippen LogP contribution in [0.3, 0.4) is 0 Å². The van der Waals surface area contributed by atoms with Gasteiger partial charge in [0.05, 0.1) is 13.3 Å². The summed E-state index contributed by atoms with van der Waals surface area (Å²) in [6.07, 6.45) is 2.31. The van der Waals surface area contributed by atoms with Crippen molar-refractivity contribution in [3.05, 3.63) is 40.9 Å². The van der Waals surface area contributed by atoms with E-state index in [-0.39, 0.29) is 12.0 Å². The van der Waals surface area contributed by atoms with Crippen LogP contribution in [0.25, 0.3) is 5.69 Å². The van der Waals surface area contributed by atoms with Gasteiger partial charge in [-0.3, -0.25) is 14.3 Å². The van der Waals surface area contributed by atoms with Crippen molar-refractivity contribution < 1.29 is 9.53 Å². The molecule has 0 radical (unpaired) electrons. The molecule has 1 atom stereocenters. The summed E-state index contributed by atoms with van der Waals surface area (Å²) >= 11 is 7.57. The van der Waals surface area contributed by atoms with E-state index in [0.717, 1.165) is 42.4 Å². The summed E-state index contributed by atoms with van der Waals surface area (Å²) in [6.45, 7) is 3.59. The molecule has 0 bridgehead atoms. The van der Waals surface area contributed by atoms with Gasteiger partial charge in [-0.05, 0) is 44.1 Å². The molecule has 0 amide bonds. The van der Waals surface area contributed by atoms with Crippen LogP contribution in [0, 0.1) is 4.77 Å². The van der Waals surface area contributed by atoms with Crippen molar-refractivity contribution in [2.45, 2.75) is 38.4 Å². The van der Waals surface area contributed by atoms with E-state index in [1.165, 1.54) is 0 Å². The van der Waals surface area contributed by atoms with E-state index < -0.39 is 0 Å². The highest BCUT2D eigenvalue weighted by molar-refractivity contribution is 7.99. The zero-order valence-corrected chi connectivity index (χ0v) is 17.0. The Balaban J connectivity index is 1.64. The van der Waals surface area contributed by atoms with Crippen LogP contribution in [0.1, 0.15) is 31.5 Å². The third-order valence-corrected chi connectivity index (χ3v) is 6.35. The number of rotatable bonds is 6. The van der Waals surface area contributed by atoms with Crippen molar-refractivity contribution >= 4 is 29.9 Å². The summed E-state index contributed by atoms with van der Waals surface area (Å²) in [7, 11) is 0. The summed E-state index contributed by atoms with van der Waals surface area (Å²) in [4.78, 5) is 14.5. The van der Waals surface area contributed by atoms with E-state index in [1.54, 1.807) is 11.8 Å². The lowest BCUT2D eigenvalue weighted by Crippen LogP contribution is -2.48. The molecule has 27 heavy (non-hydrogen) atoms. The molecule has 2 fully saturated rings. The minimum Gasteiger partial charge on any atom is -0.465 e. The minimum atomic E-state index is -0.239. The van der Waals surface area contributed by atoms with Crippen LogP contribution in [0.2, 0.25) is 0 Å². The van der Waals surface area contributed by atoms with Gasteiger partial charge in [0.25, 0.3) is 0 Å². The van der Waals surface area contributed by atoms with Gasteiger partial charge >= 0.3 is 5.97 Å². The smallest absolute Gasteiger partial charge is 0.324 e. The SMILES string of the molecule is CCOC(=O)[C@H]1CSCCN1Cn1nc(C2CC2)n(-c2ccccc2)c1=S. The fourth-order valence-electron chi connectivity index (χ4n) is 3.38. The normalized spacial score (nSPS) is 20.6. The maximum Gasteiger partial charge on any atom is 0.324 e. The number of carbonyl (C=O) groups is 1. The first-order valence-electron chi connectivity index (χ1n) is 9.42. The quantitative estimate of drug-likeness (QED) is 0.544. The Morgan fingerprint density at radius 2 is 2.11 bits per heavy atom. The average Bonchev–Trinajstić information content (AvgIpc) is 3.48. The van der Waals surface area contributed by atoms with Gasteiger partial charge in [0.2, 0.25) is 4.77 Å². The second-order valence-corrected chi connectivity index (χ2v) is 8.40. The number of aromatic nitrogens is 3.